The number of aromatic nitrogens is 1. The zero-order valence-corrected chi connectivity index (χ0v) is 20.3. The van der Waals surface area contributed by atoms with E-state index in [-0.39, 0.29) is 11.8 Å². The number of piperidine rings is 1. The van der Waals surface area contributed by atoms with Gasteiger partial charge in [0.25, 0.3) is 11.8 Å². The number of fused-ring (bicyclic) bond motifs is 2. The van der Waals surface area contributed by atoms with Crippen molar-refractivity contribution in [1.29, 1.82) is 0 Å². The number of benzene rings is 3. The first-order valence-electron chi connectivity index (χ1n) is 11.9. The quantitative estimate of drug-likeness (QED) is 0.267. The van der Waals surface area contributed by atoms with E-state index < -0.39 is 0 Å². The minimum Gasteiger partial charge on any atom is -0.377 e. The maximum absolute atomic E-state index is 13.6. The first kappa shape index (κ1) is 21.7. The number of hydrogen-bond acceptors (Lipinski definition) is 5. The van der Waals surface area contributed by atoms with Crippen LogP contribution in [-0.2, 0) is 4.79 Å². The van der Waals surface area contributed by atoms with Gasteiger partial charge in [0, 0.05) is 36.3 Å². The van der Waals surface area contributed by atoms with Gasteiger partial charge in [0.1, 0.15) is 0 Å². The van der Waals surface area contributed by atoms with Gasteiger partial charge in [0.2, 0.25) is 0 Å². The van der Waals surface area contributed by atoms with Crippen molar-refractivity contribution in [2.75, 3.05) is 18.0 Å². The third-order valence-corrected chi connectivity index (χ3v) is 8.08. The summed E-state index contributed by atoms with van der Waals surface area (Å²) in [7, 11) is 0. The Morgan fingerprint density at radius 3 is 2.29 bits per heavy atom. The van der Waals surface area contributed by atoms with E-state index in [9.17, 15) is 9.59 Å². The van der Waals surface area contributed by atoms with Gasteiger partial charge in [-0.3, -0.25) is 9.59 Å². The molecular formula is C29H25N3O2S. The molecule has 0 saturated carbocycles. The van der Waals surface area contributed by atoms with Gasteiger partial charge < -0.3 is 4.90 Å². The second-order valence-corrected chi connectivity index (χ2v) is 10.3. The number of aryl methyl sites for hydroxylation is 1. The van der Waals surface area contributed by atoms with E-state index in [1.165, 1.54) is 14.6 Å². The smallest absolute Gasteiger partial charge is 0.267 e. The fourth-order valence-corrected chi connectivity index (χ4v) is 6.07. The highest BCUT2D eigenvalue weighted by Crippen LogP contribution is 2.36. The molecule has 4 aromatic rings. The van der Waals surface area contributed by atoms with Crippen LogP contribution in [0.5, 0.6) is 0 Å². The molecule has 2 aliphatic rings. The van der Waals surface area contributed by atoms with Gasteiger partial charge in [-0.25, -0.2) is 9.88 Å². The lowest BCUT2D eigenvalue weighted by atomic mass is 9.92. The molecule has 0 unspecified atom stereocenters. The molecular weight excluding hydrogens is 454 g/mol. The van der Waals surface area contributed by atoms with Crippen molar-refractivity contribution in [2.45, 2.75) is 25.7 Å². The fourth-order valence-electron chi connectivity index (χ4n) is 4.93. The fraction of sp³-hybridized carbons (Fsp3) is 0.207. The number of rotatable bonds is 3. The summed E-state index contributed by atoms with van der Waals surface area (Å²) in [5.74, 6) is -0.117. The Hall–Kier alpha value is -3.77. The SMILES string of the molecule is Cc1ccc(N2C(=O)/C(=C/N3CCC(c4nc5ccccc5s4)CC3)c3ccccc3C2=O)cc1. The van der Waals surface area contributed by atoms with E-state index in [0.29, 0.717) is 28.3 Å². The van der Waals surface area contributed by atoms with E-state index in [0.717, 1.165) is 37.0 Å². The minimum absolute atomic E-state index is 0.272. The number of nitrogens with zero attached hydrogens (tertiary/aromatic N) is 3. The van der Waals surface area contributed by atoms with Crippen molar-refractivity contribution in [3.63, 3.8) is 0 Å². The zero-order chi connectivity index (χ0) is 23.9. The number of carbonyl (C=O) groups is 2. The maximum Gasteiger partial charge on any atom is 0.267 e. The summed E-state index contributed by atoms with van der Waals surface area (Å²) in [6.07, 6.45) is 3.93. The van der Waals surface area contributed by atoms with Gasteiger partial charge in [-0.05, 0) is 50.1 Å². The Morgan fingerprint density at radius 2 is 1.54 bits per heavy atom. The lowest BCUT2D eigenvalue weighted by Crippen LogP contribution is -2.42. The molecule has 3 heterocycles. The van der Waals surface area contributed by atoms with E-state index in [4.69, 9.17) is 4.98 Å². The molecule has 174 valence electrons. The van der Waals surface area contributed by atoms with E-state index in [2.05, 4.69) is 23.1 Å². The minimum atomic E-state index is -0.277. The summed E-state index contributed by atoms with van der Waals surface area (Å²) in [6, 6.07) is 23.2. The predicted molar refractivity (Wildman–Crippen MR) is 141 cm³/mol. The standard InChI is InChI=1S/C29H25N3O2S/c1-19-10-12-21(13-11-19)32-28(33)23-7-3-2-6-22(23)24(29(32)34)18-31-16-14-20(15-17-31)27-30-25-8-4-5-9-26(25)35-27/h2-13,18,20H,14-17H2,1H3/b24-18+. The molecule has 2 amide bonds. The van der Waals surface area contributed by atoms with Gasteiger partial charge in [0.05, 0.1) is 26.5 Å². The molecule has 1 aromatic heterocycles. The first-order valence-corrected chi connectivity index (χ1v) is 12.8. The molecule has 0 bridgehead atoms. The van der Waals surface area contributed by atoms with Crippen LogP contribution < -0.4 is 4.90 Å². The molecule has 2 aliphatic heterocycles. The molecule has 0 N–H and O–H groups in total. The number of imide groups is 1. The summed E-state index contributed by atoms with van der Waals surface area (Å²) >= 11 is 1.79. The van der Waals surface area contributed by atoms with Crippen LogP contribution in [0.2, 0.25) is 0 Å². The van der Waals surface area contributed by atoms with Crippen LogP contribution in [0.25, 0.3) is 15.8 Å². The van der Waals surface area contributed by atoms with Crippen molar-refractivity contribution in [3.8, 4) is 0 Å². The highest BCUT2D eigenvalue weighted by atomic mass is 32.1. The van der Waals surface area contributed by atoms with Gasteiger partial charge in [-0.1, -0.05) is 48.0 Å². The molecule has 0 atom stereocenters. The van der Waals surface area contributed by atoms with Gasteiger partial charge >= 0.3 is 0 Å². The van der Waals surface area contributed by atoms with Crippen LogP contribution in [0, 0.1) is 6.92 Å². The van der Waals surface area contributed by atoms with Crippen molar-refractivity contribution in [2.24, 2.45) is 0 Å². The Balaban J connectivity index is 1.28. The number of thiazole rings is 1. The molecule has 1 fully saturated rings. The summed E-state index contributed by atoms with van der Waals surface area (Å²) in [6.45, 7) is 3.68. The Kier molecular flexibility index (Phi) is 5.46. The summed E-state index contributed by atoms with van der Waals surface area (Å²) in [5.41, 5.74) is 4.59. The molecule has 5 nitrogen and oxygen atoms in total. The number of carbonyl (C=O) groups excluding carboxylic acids is 2. The average Bonchev–Trinajstić information content (AvgIpc) is 3.33. The zero-order valence-electron chi connectivity index (χ0n) is 19.5. The number of hydrogen-bond donors (Lipinski definition) is 0. The molecule has 3 aromatic carbocycles. The van der Waals surface area contributed by atoms with Crippen molar-refractivity contribution >= 4 is 44.6 Å². The second kappa shape index (κ2) is 8.78. The number of likely N-dealkylation sites (tertiary alicyclic amines) is 1. The van der Waals surface area contributed by atoms with Crippen LogP contribution in [0.4, 0.5) is 5.69 Å². The molecule has 6 heteroatoms. The van der Waals surface area contributed by atoms with E-state index in [1.54, 1.807) is 17.4 Å². The van der Waals surface area contributed by atoms with Crippen molar-refractivity contribution in [3.05, 3.63) is 101 Å². The topological polar surface area (TPSA) is 53.5 Å². The normalized spacial score (nSPS) is 17.9. The maximum atomic E-state index is 13.6. The largest absolute Gasteiger partial charge is 0.377 e. The van der Waals surface area contributed by atoms with Gasteiger partial charge in [-0.15, -0.1) is 11.3 Å². The first-order chi connectivity index (χ1) is 17.1. The summed E-state index contributed by atoms with van der Waals surface area (Å²) < 4.78 is 1.23. The summed E-state index contributed by atoms with van der Waals surface area (Å²) in [4.78, 5) is 35.3. The third-order valence-electron chi connectivity index (χ3n) is 6.88. The predicted octanol–water partition coefficient (Wildman–Crippen LogP) is 6.01. The van der Waals surface area contributed by atoms with Gasteiger partial charge in [-0.2, -0.15) is 0 Å². The number of para-hydroxylation sites is 1. The van der Waals surface area contributed by atoms with Crippen molar-refractivity contribution < 1.29 is 9.59 Å². The van der Waals surface area contributed by atoms with Crippen LogP contribution >= 0.6 is 11.3 Å². The molecule has 35 heavy (non-hydrogen) atoms. The van der Waals surface area contributed by atoms with Crippen LogP contribution in [-0.4, -0.2) is 34.8 Å². The monoisotopic (exact) mass is 479 g/mol. The van der Waals surface area contributed by atoms with E-state index >= 15 is 0 Å². The number of amides is 2. The number of anilines is 1. The van der Waals surface area contributed by atoms with Gasteiger partial charge in [0.15, 0.2) is 0 Å². The molecule has 1 saturated heterocycles. The lowest BCUT2D eigenvalue weighted by molar-refractivity contribution is -0.112. The van der Waals surface area contributed by atoms with Crippen LogP contribution in [0.1, 0.15) is 45.3 Å². The molecule has 6 rings (SSSR count). The van der Waals surface area contributed by atoms with E-state index in [1.807, 2.05) is 61.7 Å². The molecule has 0 radical (unpaired) electrons. The highest BCUT2D eigenvalue weighted by Gasteiger charge is 2.36. The van der Waals surface area contributed by atoms with Crippen LogP contribution in [0.3, 0.4) is 0 Å². The van der Waals surface area contributed by atoms with Crippen molar-refractivity contribution in [1.82, 2.24) is 9.88 Å². The highest BCUT2D eigenvalue weighted by molar-refractivity contribution is 7.18. The average molecular weight is 480 g/mol. The third kappa shape index (κ3) is 3.94. The summed E-state index contributed by atoms with van der Waals surface area (Å²) in [5, 5.41) is 1.20. The Morgan fingerprint density at radius 1 is 0.857 bits per heavy atom. The second-order valence-electron chi connectivity index (χ2n) is 9.20. The Bertz CT molecular complexity index is 1430. The molecule has 0 aliphatic carbocycles. The molecule has 0 spiro atoms. The Labute approximate surface area is 208 Å². The lowest BCUT2D eigenvalue weighted by Gasteiger charge is -2.33. The van der Waals surface area contributed by atoms with Crippen LogP contribution in [0.15, 0.2) is 79.0 Å².